The number of anilines is 1. The van der Waals surface area contributed by atoms with Crippen molar-refractivity contribution in [3.05, 3.63) is 65.3 Å². The van der Waals surface area contributed by atoms with Gasteiger partial charge in [0.25, 0.3) is 5.91 Å². The van der Waals surface area contributed by atoms with E-state index in [4.69, 9.17) is 0 Å². The molecule has 5 rings (SSSR count). The molecule has 1 saturated heterocycles. The molecule has 0 bridgehead atoms. The highest BCUT2D eigenvalue weighted by molar-refractivity contribution is 7.15. The molecule has 1 N–H and O–H groups in total. The summed E-state index contributed by atoms with van der Waals surface area (Å²) in [6.45, 7) is 3.14. The lowest BCUT2D eigenvalue weighted by atomic mass is 10.0. The second-order valence-electron chi connectivity index (χ2n) is 8.05. The second-order valence-corrected chi connectivity index (χ2v) is 9.25. The number of likely N-dealkylation sites (tertiary alicyclic amines) is 1. The molecule has 4 aromatic rings. The second kappa shape index (κ2) is 9.19. The van der Waals surface area contributed by atoms with E-state index in [2.05, 4.69) is 25.3 Å². The van der Waals surface area contributed by atoms with E-state index in [0.717, 1.165) is 40.2 Å². The van der Waals surface area contributed by atoms with Gasteiger partial charge in [0.15, 0.2) is 5.65 Å². The zero-order chi connectivity index (χ0) is 22.8. The van der Waals surface area contributed by atoms with Gasteiger partial charge in [0.05, 0.1) is 16.1 Å². The zero-order valence-corrected chi connectivity index (χ0v) is 19.0. The van der Waals surface area contributed by atoms with Gasteiger partial charge in [-0.05, 0) is 56.0 Å². The fourth-order valence-electron chi connectivity index (χ4n) is 4.15. The molecular weight excluding hydrogens is 439 g/mol. The first kappa shape index (κ1) is 21.4. The van der Waals surface area contributed by atoms with Crippen LogP contribution >= 0.6 is 11.3 Å². The average Bonchev–Trinajstić information content (AvgIpc) is 3.24. The zero-order valence-electron chi connectivity index (χ0n) is 18.2. The van der Waals surface area contributed by atoms with Crippen molar-refractivity contribution in [3.8, 4) is 10.4 Å². The van der Waals surface area contributed by atoms with Gasteiger partial charge >= 0.3 is 0 Å². The number of pyridine rings is 1. The minimum Gasteiger partial charge on any atom is -0.367 e. The van der Waals surface area contributed by atoms with Crippen LogP contribution in [0.4, 0.5) is 10.2 Å². The van der Waals surface area contributed by atoms with Gasteiger partial charge in [-0.3, -0.25) is 4.79 Å². The van der Waals surface area contributed by atoms with Crippen molar-refractivity contribution in [1.82, 2.24) is 24.8 Å². The third kappa shape index (κ3) is 4.54. The molecule has 168 valence electrons. The number of amides is 1. The minimum absolute atomic E-state index is 0.0146. The van der Waals surface area contributed by atoms with Crippen LogP contribution in [0.5, 0.6) is 0 Å². The molecular formula is C24H23FN6OS. The van der Waals surface area contributed by atoms with E-state index in [0.29, 0.717) is 30.2 Å². The van der Waals surface area contributed by atoms with Crippen LogP contribution in [0.1, 0.15) is 34.8 Å². The molecule has 1 aliphatic rings. The maximum Gasteiger partial charge on any atom is 0.274 e. The van der Waals surface area contributed by atoms with Gasteiger partial charge in [-0.2, -0.15) is 0 Å². The summed E-state index contributed by atoms with van der Waals surface area (Å²) in [6, 6.07) is 9.93. The van der Waals surface area contributed by atoms with Gasteiger partial charge in [0.2, 0.25) is 0 Å². The predicted molar refractivity (Wildman–Crippen MR) is 127 cm³/mol. The summed E-state index contributed by atoms with van der Waals surface area (Å²) < 4.78 is 13.4. The van der Waals surface area contributed by atoms with E-state index in [1.165, 1.54) is 23.5 Å². The van der Waals surface area contributed by atoms with Gasteiger partial charge in [-0.15, -0.1) is 11.3 Å². The number of rotatable bonds is 5. The van der Waals surface area contributed by atoms with Crippen molar-refractivity contribution >= 4 is 34.2 Å². The standard InChI is InChI=1S/C24H23FN6OS/c1-15-29-21(22(33-15)16-7-9-17(25)10-8-16)24(32)31-12-3-2-5-18(31)13-27-20-14-28-23-19(30-20)6-4-11-26-23/h4,6-11,14,18H,2-3,5,12-13H2,1H3,(H,27,30). The van der Waals surface area contributed by atoms with Crippen LogP contribution in [-0.4, -0.2) is 49.9 Å². The number of carbonyl (C=O) groups is 1. The molecule has 1 atom stereocenters. The van der Waals surface area contributed by atoms with Gasteiger partial charge < -0.3 is 10.2 Å². The largest absolute Gasteiger partial charge is 0.367 e. The Hall–Kier alpha value is -3.46. The molecule has 9 heteroatoms. The van der Waals surface area contributed by atoms with E-state index >= 15 is 0 Å². The highest BCUT2D eigenvalue weighted by atomic mass is 32.1. The lowest BCUT2D eigenvalue weighted by Gasteiger charge is -2.35. The third-order valence-electron chi connectivity index (χ3n) is 5.77. The molecule has 7 nitrogen and oxygen atoms in total. The molecule has 1 unspecified atom stereocenters. The molecule has 0 saturated carbocycles. The van der Waals surface area contributed by atoms with Crippen LogP contribution in [0.3, 0.4) is 0 Å². The molecule has 3 aromatic heterocycles. The Balaban J connectivity index is 1.36. The fourth-order valence-corrected chi connectivity index (χ4v) is 5.06. The number of aromatic nitrogens is 4. The molecule has 1 aliphatic heterocycles. The number of hydrogen-bond donors (Lipinski definition) is 1. The Labute approximate surface area is 194 Å². The Morgan fingerprint density at radius 1 is 1.18 bits per heavy atom. The van der Waals surface area contributed by atoms with Crippen LogP contribution in [0.15, 0.2) is 48.8 Å². The summed E-state index contributed by atoms with van der Waals surface area (Å²) in [4.78, 5) is 34.0. The molecule has 1 amide bonds. The molecule has 33 heavy (non-hydrogen) atoms. The summed E-state index contributed by atoms with van der Waals surface area (Å²) >= 11 is 1.46. The van der Waals surface area contributed by atoms with Crippen LogP contribution in [0, 0.1) is 12.7 Å². The monoisotopic (exact) mass is 462 g/mol. The van der Waals surface area contributed by atoms with Crippen LogP contribution in [0.2, 0.25) is 0 Å². The van der Waals surface area contributed by atoms with Crippen molar-refractivity contribution in [3.63, 3.8) is 0 Å². The number of piperidine rings is 1. The van der Waals surface area contributed by atoms with E-state index in [1.54, 1.807) is 24.5 Å². The third-order valence-corrected chi connectivity index (χ3v) is 6.79. The Kier molecular flexibility index (Phi) is 5.95. The van der Waals surface area contributed by atoms with Crippen LogP contribution < -0.4 is 5.32 Å². The number of nitrogens with zero attached hydrogens (tertiary/aromatic N) is 5. The minimum atomic E-state index is -0.303. The first-order valence-electron chi connectivity index (χ1n) is 10.9. The SMILES string of the molecule is Cc1nc(C(=O)N2CCCCC2CNc2cnc3ncccc3n2)c(-c2ccc(F)cc2)s1. The van der Waals surface area contributed by atoms with Crippen molar-refractivity contribution in [1.29, 1.82) is 0 Å². The molecule has 1 fully saturated rings. The van der Waals surface area contributed by atoms with Crippen LogP contribution in [-0.2, 0) is 0 Å². The lowest BCUT2D eigenvalue weighted by Crippen LogP contribution is -2.47. The maximum atomic E-state index is 13.6. The summed E-state index contributed by atoms with van der Waals surface area (Å²) in [5.74, 6) is 0.270. The molecule has 4 heterocycles. The number of nitrogens with one attached hydrogen (secondary N) is 1. The number of hydrogen-bond acceptors (Lipinski definition) is 7. The normalized spacial score (nSPS) is 16.2. The Bertz CT molecular complexity index is 1290. The maximum absolute atomic E-state index is 13.6. The van der Waals surface area contributed by atoms with Crippen molar-refractivity contribution in [2.75, 3.05) is 18.4 Å². The van der Waals surface area contributed by atoms with Crippen molar-refractivity contribution < 1.29 is 9.18 Å². The quantitative estimate of drug-likeness (QED) is 0.463. The van der Waals surface area contributed by atoms with Crippen molar-refractivity contribution in [2.45, 2.75) is 32.2 Å². The number of halogens is 1. The Morgan fingerprint density at radius 2 is 2.03 bits per heavy atom. The summed E-state index contributed by atoms with van der Waals surface area (Å²) in [5.41, 5.74) is 2.57. The Morgan fingerprint density at radius 3 is 2.88 bits per heavy atom. The first-order chi connectivity index (χ1) is 16.1. The first-order valence-corrected chi connectivity index (χ1v) is 11.8. The summed E-state index contributed by atoms with van der Waals surface area (Å²) in [7, 11) is 0. The summed E-state index contributed by atoms with van der Waals surface area (Å²) in [5, 5.41) is 4.16. The molecule has 0 aliphatic carbocycles. The lowest BCUT2D eigenvalue weighted by molar-refractivity contribution is 0.0623. The number of thiazole rings is 1. The van der Waals surface area contributed by atoms with Crippen LogP contribution in [0.25, 0.3) is 21.6 Å². The average molecular weight is 463 g/mol. The number of aryl methyl sites for hydroxylation is 1. The van der Waals surface area contributed by atoms with Gasteiger partial charge in [0.1, 0.15) is 22.8 Å². The van der Waals surface area contributed by atoms with Gasteiger partial charge in [-0.25, -0.2) is 24.3 Å². The smallest absolute Gasteiger partial charge is 0.274 e. The van der Waals surface area contributed by atoms with Crippen molar-refractivity contribution in [2.24, 2.45) is 0 Å². The van der Waals surface area contributed by atoms with E-state index in [9.17, 15) is 9.18 Å². The van der Waals surface area contributed by atoms with Gasteiger partial charge in [-0.1, -0.05) is 12.1 Å². The van der Waals surface area contributed by atoms with E-state index in [-0.39, 0.29) is 17.8 Å². The molecule has 1 aromatic carbocycles. The van der Waals surface area contributed by atoms with E-state index in [1.807, 2.05) is 24.0 Å². The molecule has 0 radical (unpaired) electrons. The highest BCUT2D eigenvalue weighted by Gasteiger charge is 2.31. The number of carbonyl (C=O) groups excluding carboxylic acids is 1. The number of fused-ring (bicyclic) bond motifs is 1. The fraction of sp³-hybridized carbons (Fsp3) is 0.292. The summed E-state index contributed by atoms with van der Waals surface area (Å²) in [6.07, 6.45) is 6.27. The topological polar surface area (TPSA) is 83.9 Å². The highest BCUT2D eigenvalue weighted by Crippen LogP contribution is 2.32. The van der Waals surface area contributed by atoms with E-state index < -0.39 is 0 Å². The number of benzene rings is 1. The van der Waals surface area contributed by atoms with Gasteiger partial charge in [0, 0.05) is 25.3 Å². The molecule has 0 spiro atoms. The predicted octanol–water partition coefficient (Wildman–Crippen LogP) is 4.70.